The molecule has 0 saturated heterocycles. The van der Waals surface area contributed by atoms with Crippen LogP contribution in [0, 0.1) is 11.3 Å². The summed E-state index contributed by atoms with van der Waals surface area (Å²) in [6.07, 6.45) is 3.04. The summed E-state index contributed by atoms with van der Waals surface area (Å²) < 4.78 is 12.5. The maximum atomic E-state index is 12.7. The number of fused-ring (bicyclic) bond motifs is 2. The normalized spacial score (nSPS) is 12.5. The second kappa shape index (κ2) is 9.35. The average molecular weight is 431 g/mol. The van der Waals surface area contributed by atoms with Crippen molar-refractivity contribution in [3.8, 4) is 11.8 Å². The molecule has 4 rings (SSSR count). The van der Waals surface area contributed by atoms with Gasteiger partial charge in [0.1, 0.15) is 5.75 Å². The van der Waals surface area contributed by atoms with Gasteiger partial charge in [-0.1, -0.05) is 18.2 Å². The number of nitriles is 1. The number of aromatic nitrogens is 1. The predicted octanol–water partition coefficient (Wildman–Crippen LogP) is 3.24. The van der Waals surface area contributed by atoms with Crippen molar-refractivity contribution in [1.82, 2.24) is 4.57 Å². The molecule has 0 radical (unpaired) electrons. The van der Waals surface area contributed by atoms with Crippen molar-refractivity contribution in [3.63, 3.8) is 0 Å². The minimum Gasteiger partial charge on any atom is -0.482 e. The molecular weight excluding hydrogens is 410 g/mol. The van der Waals surface area contributed by atoms with E-state index in [0.717, 1.165) is 22.2 Å². The number of carbonyl (C=O) groups excluding carboxylic acids is 3. The van der Waals surface area contributed by atoms with Crippen LogP contribution in [0.25, 0.3) is 10.9 Å². The fraction of sp³-hybridized carbons (Fsp3) is 0.250. The summed E-state index contributed by atoms with van der Waals surface area (Å²) >= 11 is 0. The fourth-order valence-electron chi connectivity index (χ4n) is 3.68. The van der Waals surface area contributed by atoms with Crippen molar-refractivity contribution in [3.05, 3.63) is 59.8 Å². The lowest BCUT2D eigenvalue weighted by Gasteiger charge is -2.17. The number of para-hydroxylation sites is 1. The molecule has 162 valence electrons. The SMILES string of the molecule is N#CCCn1cc(C(=O)COC(=O)COc2ccc3c(c2)CCC(=O)N3)c2ccccc21. The minimum absolute atomic E-state index is 0.0207. The van der Waals surface area contributed by atoms with E-state index in [-0.39, 0.29) is 18.3 Å². The van der Waals surface area contributed by atoms with Crippen LogP contribution in [0.5, 0.6) is 5.75 Å². The zero-order chi connectivity index (χ0) is 22.5. The van der Waals surface area contributed by atoms with E-state index in [1.54, 1.807) is 24.4 Å². The molecule has 0 aliphatic carbocycles. The zero-order valence-electron chi connectivity index (χ0n) is 17.3. The van der Waals surface area contributed by atoms with Crippen LogP contribution in [0.2, 0.25) is 0 Å². The maximum Gasteiger partial charge on any atom is 0.344 e. The first-order valence-electron chi connectivity index (χ1n) is 10.2. The Kier molecular flexibility index (Phi) is 6.17. The van der Waals surface area contributed by atoms with Gasteiger partial charge in [0.2, 0.25) is 11.7 Å². The summed E-state index contributed by atoms with van der Waals surface area (Å²) in [4.78, 5) is 36.2. The topological polar surface area (TPSA) is 110 Å². The maximum absolute atomic E-state index is 12.7. The predicted molar refractivity (Wildman–Crippen MR) is 116 cm³/mol. The van der Waals surface area contributed by atoms with Gasteiger partial charge in [-0.05, 0) is 36.2 Å². The van der Waals surface area contributed by atoms with Crippen LogP contribution in [0.15, 0.2) is 48.7 Å². The standard InChI is InChI=1S/C24H21N3O5/c25-10-3-11-27-13-19(18-4-1-2-5-21(18)27)22(28)14-32-24(30)15-31-17-7-8-20-16(12-17)6-9-23(29)26-20/h1-2,4-5,7-8,12-13H,3,6,9,11,14-15H2,(H,26,29). The molecular formula is C24H21N3O5. The number of Topliss-reactive ketones (excluding diaryl/α,β-unsaturated/α-hetero) is 1. The van der Waals surface area contributed by atoms with Crippen LogP contribution in [-0.4, -0.2) is 35.4 Å². The summed E-state index contributed by atoms with van der Waals surface area (Å²) in [5.74, 6) is -0.510. The highest BCUT2D eigenvalue weighted by molar-refractivity contribution is 6.09. The van der Waals surface area contributed by atoms with Crippen LogP contribution in [0.1, 0.15) is 28.8 Å². The Hall–Kier alpha value is -4.12. The molecule has 0 spiro atoms. The Balaban J connectivity index is 1.34. The van der Waals surface area contributed by atoms with E-state index in [9.17, 15) is 14.4 Å². The van der Waals surface area contributed by atoms with Gasteiger partial charge in [0, 0.05) is 41.3 Å². The molecule has 3 aromatic rings. The van der Waals surface area contributed by atoms with Gasteiger partial charge in [-0.2, -0.15) is 5.26 Å². The van der Waals surface area contributed by atoms with E-state index in [1.807, 2.05) is 28.8 Å². The van der Waals surface area contributed by atoms with Gasteiger partial charge in [0.25, 0.3) is 0 Å². The molecule has 0 unspecified atom stereocenters. The first kappa shape index (κ1) is 21.1. The Morgan fingerprint density at radius 2 is 1.97 bits per heavy atom. The number of rotatable bonds is 8. The number of nitrogens with zero attached hydrogens (tertiary/aromatic N) is 2. The average Bonchev–Trinajstić information content (AvgIpc) is 3.18. The molecule has 1 aliphatic heterocycles. The first-order valence-corrected chi connectivity index (χ1v) is 10.2. The number of amides is 1. The minimum atomic E-state index is -0.655. The van der Waals surface area contributed by atoms with Gasteiger partial charge in [0.15, 0.2) is 13.2 Å². The number of aryl methyl sites for hydroxylation is 2. The molecule has 0 atom stereocenters. The zero-order valence-corrected chi connectivity index (χ0v) is 17.3. The van der Waals surface area contributed by atoms with Crippen LogP contribution in [0.3, 0.4) is 0 Å². The molecule has 1 amide bonds. The molecule has 1 aromatic heterocycles. The van der Waals surface area contributed by atoms with Crippen molar-refractivity contribution in [2.45, 2.75) is 25.8 Å². The third-order valence-electron chi connectivity index (χ3n) is 5.25. The van der Waals surface area contributed by atoms with Crippen molar-refractivity contribution >= 4 is 34.3 Å². The lowest BCUT2D eigenvalue weighted by atomic mass is 10.0. The summed E-state index contributed by atoms with van der Waals surface area (Å²) in [7, 11) is 0. The molecule has 1 aliphatic rings. The highest BCUT2D eigenvalue weighted by atomic mass is 16.6. The number of esters is 1. The van der Waals surface area contributed by atoms with Crippen LogP contribution in [0.4, 0.5) is 5.69 Å². The van der Waals surface area contributed by atoms with Crippen molar-refractivity contribution < 1.29 is 23.9 Å². The Bertz CT molecular complexity index is 1240. The van der Waals surface area contributed by atoms with E-state index in [4.69, 9.17) is 14.7 Å². The van der Waals surface area contributed by atoms with Gasteiger partial charge in [-0.25, -0.2) is 4.79 Å². The molecule has 8 heteroatoms. The smallest absolute Gasteiger partial charge is 0.344 e. The number of carbonyl (C=O) groups is 3. The molecule has 1 N–H and O–H groups in total. The third kappa shape index (κ3) is 4.62. The molecule has 8 nitrogen and oxygen atoms in total. The van der Waals surface area contributed by atoms with Gasteiger partial charge < -0.3 is 19.4 Å². The van der Waals surface area contributed by atoms with Crippen LogP contribution in [-0.2, 0) is 27.3 Å². The number of nitrogens with one attached hydrogen (secondary N) is 1. The second-order valence-electron chi connectivity index (χ2n) is 7.40. The summed E-state index contributed by atoms with van der Waals surface area (Å²) in [6.45, 7) is -0.255. The van der Waals surface area contributed by atoms with E-state index in [1.165, 1.54) is 0 Å². The van der Waals surface area contributed by atoms with Crippen molar-refractivity contribution in [2.24, 2.45) is 0 Å². The summed E-state index contributed by atoms with van der Waals surface area (Å²) in [5, 5.41) is 12.4. The monoisotopic (exact) mass is 431 g/mol. The van der Waals surface area contributed by atoms with Crippen molar-refractivity contribution in [2.75, 3.05) is 18.5 Å². The van der Waals surface area contributed by atoms with E-state index in [2.05, 4.69) is 11.4 Å². The molecule has 0 fully saturated rings. The van der Waals surface area contributed by atoms with Crippen molar-refractivity contribution in [1.29, 1.82) is 5.26 Å². The Morgan fingerprint density at radius 1 is 1.12 bits per heavy atom. The van der Waals surface area contributed by atoms with E-state index in [0.29, 0.717) is 37.1 Å². The van der Waals surface area contributed by atoms with Crippen LogP contribution >= 0.6 is 0 Å². The van der Waals surface area contributed by atoms with E-state index < -0.39 is 12.6 Å². The molecule has 2 aromatic carbocycles. The van der Waals surface area contributed by atoms with Gasteiger partial charge in [0.05, 0.1) is 12.5 Å². The largest absolute Gasteiger partial charge is 0.482 e. The summed E-state index contributed by atoms with van der Waals surface area (Å²) in [5.41, 5.74) is 2.99. The van der Waals surface area contributed by atoms with E-state index >= 15 is 0 Å². The number of hydrogen-bond donors (Lipinski definition) is 1. The number of ether oxygens (including phenoxy) is 2. The number of ketones is 1. The lowest BCUT2D eigenvalue weighted by Crippen LogP contribution is -2.20. The number of hydrogen-bond acceptors (Lipinski definition) is 6. The highest BCUT2D eigenvalue weighted by Gasteiger charge is 2.18. The number of anilines is 1. The number of benzene rings is 2. The molecule has 0 saturated carbocycles. The molecule has 0 bridgehead atoms. The van der Waals surface area contributed by atoms with Gasteiger partial charge in [-0.15, -0.1) is 0 Å². The first-order chi connectivity index (χ1) is 15.5. The van der Waals surface area contributed by atoms with Gasteiger partial charge >= 0.3 is 5.97 Å². The fourth-order valence-corrected chi connectivity index (χ4v) is 3.68. The second-order valence-corrected chi connectivity index (χ2v) is 7.40. The Labute approximate surface area is 184 Å². The summed E-state index contributed by atoms with van der Waals surface area (Å²) in [6, 6.07) is 14.7. The highest BCUT2D eigenvalue weighted by Crippen LogP contribution is 2.27. The van der Waals surface area contributed by atoms with Crippen LogP contribution < -0.4 is 10.1 Å². The third-order valence-corrected chi connectivity index (χ3v) is 5.25. The lowest BCUT2D eigenvalue weighted by molar-refractivity contribution is -0.144. The van der Waals surface area contributed by atoms with Gasteiger partial charge in [-0.3, -0.25) is 9.59 Å². The Morgan fingerprint density at radius 3 is 2.81 bits per heavy atom. The molecule has 2 heterocycles. The molecule has 32 heavy (non-hydrogen) atoms. The quantitative estimate of drug-likeness (QED) is 0.433.